The number of anilines is 1. The van der Waals surface area contributed by atoms with Gasteiger partial charge in [-0.2, -0.15) is 18.2 Å². The van der Waals surface area contributed by atoms with Crippen molar-refractivity contribution >= 4 is 22.9 Å². The molecule has 0 amide bonds. The van der Waals surface area contributed by atoms with E-state index in [1.54, 1.807) is 0 Å². The molecule has 0 unspecified atom stereocenters. The molecule has 26 heavy (non-hydrogen) atoms. The number of nitrogens with zero attached hydrogens (tertiary/aromatic N) is 4. The number of carbonyl (C=O) groups excluding carboxylic acids is 1. The van der Waals surface area contributed by atoms with Crippen molar-refractivity contribution in [2.24, 2.45) is 0 Å². The first-order valence-corrected chi connectivity index (χ1v) is 7.83. The fourth-order valence-corrected chi connectivity index (χ4v) is 2.97. The summed E-state index contributed by atoms with van der Waals surface area (Å²) in [6, 6.07) is 0. The third-order valence-electron chi connectivity index (χ3n) is 4.09. The molecule has 3 N–H and O–H groups in total. The number of hydrogen-bond acceptors (Lipinski definition) is 7. The Bertz CT molecular complexity index is 906. The van der Waals surface area contributed by atoms with Crippen LogP contribution >= 0.6 is 0 Å². The van der Waals surface area contributed by atoms with E-state index in [-0.39, 0.29) is 11.6 Å². The summed E-state index contributed by atoms with van der Waals surface area (Å²) in [5, 5.41) is 10.1. The summed E-state index contributed by atoms with van der Waals surface area (Å²) in [6.07, 6.45) is -8.68. The van der Waals surface area contributed by atoms with E-state index in [9.17, 15) is 27.9 Å². The highest BCUT2D eigenvalue weighted by Gasteiger charge is 2.50. The standard InChI is InChI=1S/C14H16F3N5O4/c1-2-3-21-6-5-19-12(18)20-10(6)22(13(21)25)11-7(23)4-8(26-11)9(24)14(15,16)17/h5,7-8,11,23H,2-4H2,1H3,(H2,18,19,20)/t7-,8+,11-/m1/s1. The van der Waals surface area contributed by atoms with E-state index in [0.717, 1.165) is 4.57 Å². The number of ether oxygens (including phenoxy) is 1. The summed E-state index contributed by atoms with van der Waals surface area (Å²) in [6.45, 7) is 2.12. The van der Waals surface area contributed by atoms with E-state index in [1.165, 1.54) is 10.8 Å². The Morgan fingerprint density at radius 2 is 2.19 bits per heavy atom. The fourth-order valence-electron chi connectivity index (χ4n) is 2.97. The van der Waals surface area contributed by atoms with Gasteiger partial charge in [-0.15, -0.1) is 0 Å². The highest BCUT2D eigenvalue weighted by molar-refractivity contribution is 5.88. The molecule has 1 aliphatic rings. The van der Waals surface area contributed by atoms with Crippen LogP contribution in [0.3, 0.4) is 0 Å². The number of aromatic nitrogens is 4. The van der Waals surface area contributed by atoms with Gasteiger partial charge >= 0.3 is 11.9 Å². The highest BCUT2D eigenvalue weighted by Crippen LogP contribution is 2.34. The summed E-state index contributed by atoms with van der Waals surface area (Å²) in [5.41, 5.74) is 5.20. The summed E-state index contributed by atoms with van der Waals surface area (Å²) < 4.78 is 45.2. The number of fused-ring (bicyclic) bond motifs is 1. The average molecular weight is 375 g/mol. The average Bonchev–Trinajstić information content (AvgIpc) is 3.04. The maximum atomic E-state index is 12.7. The summed E-state index contributed by atoms with van der Waals surface area (Å²) in [7, 11) is 0. The van der Waals surface area contributed by atoms with Crippen molar-refractivity contribution in [1.29, 1.82) is 0 Å². The van der Waals surface area contributed by atoms with Crippen LogP contribution in [0.4, 0.5) is 19.1 Å². The molecule has 0 saturated carbocycles. The zero-order chi connectivity index (χ0) is 19.2. The third kappa shape index (κ3) is 2.94. The number of imidazole rings is 1. The second-order valence-electron chi connectivity index (χ2n) is 5.92. The number of Topliss-reactive ketones (excluding diaryl/α,β-unsaturated/α-hetero) is 1. The Kier molecular flexibility index (Phi) is 4.48. The minimum atomic E-state index is -5.10. The molecule has 0 spiro atoms. The number of ketones is 1. The molecule has 0 radical (unpaired) electrons. The first-order chi connectivity index (χ1) is 12.1. The Hall–Kier alpha value is -2.47. The predicted molar refractivity (Wildman–Crippen MR) is 82.1 cm³/mol. The van der Waals surface area contributed by atoms with E-state index in [4.69, 9.17) is 10.5 Å². The quantitative estimate of drug-likeness (QED) is 0.791. The van der Waals surface area contributed by atoms with Gasteiger partial charge in [0.05, 0.1) is 6.20 Å². The molecule has 1 saturated heterocycles. The summed E-state index contributed by atoms with van der Waals surface area (Å²) in [4.78, 5) is 31.9. The number of aliphatic hydroxyl groups is 1. The monoisotopic (exact) mass is 375 g/mol. The molecule has 3 atom stereocenters. The lowest BCUT2D eigenvalue weighted by atomic mass is 10.1. The van der Waals surface area contributed by atoms with Gasteiger partial charge in [0.1, 0.15) is 17.7 Å². The van der Waals surface area contributed by atoms with Crippen LogP contribution in [0.1, 0.15) is 26.0 Å². The van der Waals surface area contributed by atoms with Crippen LogP contribution in [0, 0.1) is 0 Å². The fraction of sp³-hybridized carbons (Fsp3) is 0.571. The molecule has 3 heterocycles. The highest BCUT2D eigenvalue weighted by atomic mass is 19.4. The number of hydrogen-bond donors (Lipinski definition) is 2. The van der Waals surface area contributed by atoms with Gasteiger partial charge in [-0.3, -0.25) is 9.36 Å². The minimum absolute atomic E-state index is 0.0140. The predicted octanol–water partition coefficient (Wildman–Crippen LogP) is 0.365. The van der Waals surface area contributed by atoms with Crippen molar-refractivity contribution in [1.82, 2.24) is 19.1 Å². The van der Waals surface area contributed by atoms with Crippen LogP contribution in [0.15, 0.2) is 11.0 Å². The topological polar surface area (TPSA) is 125 Å². The molecule has 2 aromatic heterocycles. The second-order valence-corrected chi connectivity index (χ2v) is 5.92. The molecule has 2 aromatic rings. The molecule has 0 aliphatic carbocycles. The lowest BCUT2D eigenvalue weighted by molar-refractivity contribution is -0.183. The molecule has 1 fully saturated rings. The number of halogens is 3. The van der Waals surface area contributed by atoms with Crippen LogP contribution in [-0.4, -0.2) is 48.4 Å². The van der Waals surface area contributed by atoms with Gasteiger partial charge in [0.2, 0.25) is 5.95 Å². The molecule has 0 bridgehead atoms. The van der Waals surface area contributed by atoms with Crippen LogP contribution < -0.4 is 11.4 Å². The maximum Gasteiger partial charge on any atom is 0.452 e. The number of aliphatic hydroxyl groups excluding tert-OH is 1. The second kappa shape index (κ2) is 6.36. The van der Waals surface area contributed by atoms with Gasteiger partial charge in [0, 0.05) is 13.0 Å². The SMILES string of the molecule is CCCn1c(=O)n([C@@H]2O[C@H](C(=O)C(F)(F)F)C[C@H]2O)c2nc(N)ncc21. The van der Waals surface area contributed by atoms with E-state index < -0.39 is 42.5 Å². The Morgan fingerprint density at radius 3 is 2.81 bits per heavy atom. The molecule has 1 aliphatic heterocycles. The number of alkyl halides is 3. The third-order valence-corrected chi connectivity index (χ3v) is 4.09. The molecule has 12 heteroatoms. The van der Waals surface area contributed by atoms with Gasteiger partial charge in [-0.05, 0) is 6.42 Å². The molecule has 0 aromatic carbocycles. The maximum absolute atomic E-state index is 12.7. The Balaban J connectivity index is 2.08. The minimum Gasteiger partial charge on any atom is -0.388 e. The molecular weight excluding hydrogens is 359 g/mol. The smallest absolute Gasteiger partial charge is 0.388 e. The lowest BCUT2D eigenvalue weighted by Crippen LogP contribution is -2.35. The van der Waals surface area contributed by atoms with Crippen molar-refractivity contribution in [3.8, 4) is 0 Å². The first-order valence-electron chi connectivity index (χ1n) is 7.83. The number of rotatable bonds is 4. The van der Waals surface area contributed by atoms with Gasteiger partial charge in [0.15, 0.2) is 11.9 Å². The van der Waals surface area contributed by atoms with Gasteiger partial charge in [-0.25, -0.2) is 14.3 Å². The van der Waals surface area contributed by atoms with E-state index >= 15 is 0 Å². The van der Waals surface area contributed by atoms with Crippen molar-refractivity contribution in [3.63, 3.8) is 0 Å². The van der Waals surface area contributed by atoms with E-state index in [2.05, 4.69) is 9.97 Å². The van der Waals surface area contributed by atoms with Crippen molar-refractivity contribution in [2.75, 3.05) is 5.73 Å². The lowest BCUT2D eigenvalue weighted by Gasteiger charge is -2.16. The van der Waals surface area contributed by atoms with Crippen LogP contribution in [0.25, 0.3) is 11.2 Å². The van der Waals surface area contributed by atoms with E-state index in [0.29, 0.717) is 18.5 Å². The van der Waals surface area contributed by atoms with Crippen molar-refractivity contribution in [3.05, 3.63) is 16.7 Å². The number of carbonyl (C=O) groups is 1. The zero-order valence-electron chi connectivity index (χ0n) is 13.6. The van der Waals surface area contributed by atoms with Crippen molar-refractivity contribution < 1.29 is 27.8 Å². The van der Waals surface area contributed by atoms with Gasteiger partial charge in [0.25, 0.3) is 5.78 Å². The number of nitrogens with two attached hydrogens (primary N) is 1. The number of aryl methyl sites for hydroxylation is 1. The Morgan fingerprint density at radius 1 is 1.50 bits per heavy atom. The van der Waals surface area contributed by atoms with Crippen molar-refractivity contribution in [2.45, 2.75) is 50.9 Å². The number of nitrogen functional groups attached to an aromatic ring is 1. The molecular formula is C14H16F3N5O4. The summed E-state index contributed by atoms with van der Waals surface area (Å²) >= 11 is 0. The normalized spacial score (nSPS) is 23.7. The van der Waals surface area contributed by atoms with Crippen LogP contribution in [0.2, 0.25) is 0 Å². The molecule has 9 nitrogen and oxygen atoms in total. The van der Waals surface area contributed by atoms with E-state index in [1.807, 2.05) is 6.92 Å². The van der Waals surface area contributed by atoms with Gasteiger partial charge in [-0.1, -0.05) is 6.92 Å². The van der Waals surface area contributed by atoms with Crippen LogP contribution in [-0.2, 0) is 16.1 Å². The largest absolute Gasteiger partial charge is 0.452 e. The molecule has 142 valence electrons. The first kappa shape index (κ1) is 18.3. The zero-order valence-corrected chi connectivity index (χ0v) is 13.6. The summed E-state index contributed by atoms with van der Waals surface area (Å²) in [5.74, 6) is -2.27. The van der Waals surface area contributed by atoms with Crippen LogP contribution in [0.5, 0.6) is 0 Å². The molecule has 3 rings (SSSR count). The Labute approximate surface area is 144 Å². The van der Waals surface area contributed by atoms with Gasteiger partial charge < -0.3 is 15.6 Å².